The van der Waals surface area contributed by atoms with E-state index in [1.54, 1.807) is 18.2 Å². The first-order chi connectivity index (χ1) is 15.9. The van der Waals surface area contributed by atoms with Crippen LogP contribution in [0.4, 0.5) is 5.69 Å². The summed E-state index contributed by atoms with van der Waals surface area (Å²) in [4.78, 5) is 25.1. The van der Waals surface area contributed by atoms with Crippen LogP contribution in [0.3, 0.4) is 0 Å². The van der Waals surface area contributed by atoms with Gasteiger partial charge in [0.2, 0.25) is 11.2 Å². The second-order valence-electron chi connectivity index (χ2n) is 7.85. The van der Waals surface area contributed by atoms with Gasteiger partial charge in [-0.1, -0.05) is 31.2 Å². The number of hydrogen-bond acceptors (Lipinski definition) is 5. The first kappa shape index (κ1) is 22.1. The Hall–Kier alpha value is -4.06. The van der Waals surface area contributed by atoms with E-state index in [0.29, 0.717) is 28.2 Å². The Morgan fingerprint density at radius 3 is 2.52 bits per heavy atom. The minimum Gasteiger partial charge on any atom is -0.484 e. The molecule has 0 fully saturated rings. The number of benzene rings is 3. The molecule has 0 radical (unpaired) electrons. The molecule has 33 heavy (non-hydrogen) atoms. The highest BCUT2D eigenvalue weighted by molar-refractivity contribution is 5.92. The van der Waals surface area contributed by atoms with Gasteiger partial charge < -0.3 is 19.2 Å². The van der Waals surface area contributed by atoms with Gasteiger partial charge in [0, 0.05) is 11.8 Å². The molecule has 1 N–H and O–H groups in total. The van der Waals surface area contributed by atoms with Gasteiger partial charge in [-0.05, 0) is 67.3 Å². The highest BCUT2D eigenvalue weighted by Crippen LogP contribution is 2.27. The summed E-state index contributed by atoms with van der Waals surface area (Å²) in [6, 6.07) is 18.3. The zero-order valence-electron chi connectivity index (χ0n) is 18.8. The van der Waals surface area contributed by atoms with Gasteiger partial charge in [0.25, 0.3) is 5.91 Å². The topological polar surface area (TPSA) is 77.8 Å². The maximum Gasteiger partial charge on any atom is 0.262 e. The maximum absolute atomic E-state index is 12.9. The molecule has 0 spiro atoms. The first-order valence-corrected chi connectivity index (χ1v) is 10.7. The van der Waals surface area contributed by atoms with E-state index < -0.39 is 0 Å². The molecule has 0 atom stereocenters. The number of aryl methyl sites for hydroxylation is 3. The number of amides is 1. The maximum atomic E-state index is 12.9. The number of nitrogens with one attached hydrogen (secondary N) is 1. The van der Waals surface area contributed by atoms with E-state index in [-0.39, 0.29) is 23.7 Å². The molecule has 0 saturated carbocycles. The molecule has 4 rings (SSSR count). The van der Waals surface area contributed by atoms with Crippen LogP contribution in [-0.4, -0.2) is 12.5 Å². The molecule has 6 nitrogen and oxygen atoms in total. The summed E-state index contributed by atoms with van der Waals surface area (Å²) in [5, 5.41) is 3.16. The smallest absolute Gasteiger partial charge is 0.262 e. The fourth-order valence-electron chi connectivity index (χ4n) is 3.36. The van der Waals surface area contributed by atoms with Crippen LogP contribution in [0.2, 0.25) is 0 Å². The van der Waals surface area contributed by atoms with Gasteiger partial charge in [-0.2, -0.15) is 0 Å². The van der Waals surface area contributed by atoms with Gasteiger partial charge in [0.15, 0.2) is 6.61 Å². The van der Waals surface area contributed by atoms with Crippen molar-refractivity contribution in [1.29, 1.82) is 0 Å². The molecular weight excluding hydrogens is 418 g/mol. The Bertz CT molecular complexity index is 1360. The first-order valence-electron chi connectivity index (χ1n) is 10.7. The number of hydrogen-bond donors (Lipinski definition) is 1. The monoisotopic (exact) mass is 443 g/mol. The molecule has 0 unspecified atom stereocenters. The van der Waals surface area contributed by atoms with E-state index in [9.17, 15) is 9.59 Å². The van der Waals surface area contributed by atoms with Gasteiger partial charge in [0.1, 0.15) is 23.3 Å². The van der Waals surface area contributed by atoms with Crippen LogP contribution in [0.25, 0.3) is 11.0 Å². The van der Waals surface area contributed by atoms with Crippen LogP contribution in [0.15, 0.2) is 76.1 Å². The second kappa shape index (κ2) is 9.61. The predicted octanol–water partition coefficient (Wildman–Crippen LogP) is 5.78. The molecule has 0 aliphatic heterocycles. The number of ether oxygens (including phenoxy) is 2. The lowest BCUT2D eigenvalue weighted by Gasteiger charge is -2.10. The fourth-order valence-corrected chi connectivity index (χ4v) is 3.36. The van der Waals surface area contributed by atoms with Crippen molar-refractivity contribution in [1.82, 2.24) is 0 Å². The van der Waals surface area contributed by atoms with E-state index >= 15 is 0 Å². The molecule has 0 aliphatic rings. The Labute approximate surface area is 191 Å². The molecule has 168 valence electrons. The number of fused-ring (bicyclic) bond motifs is 1. The minimum absolute atomic E-state index is 0.110. The van der Waals surface area contributed by atoms with Gasteiger partial charge in [-0.15, -0.1) is 0 Å². The SMILES string of the molecule is CCc1ccc(NC(=O)COc2ccc3c(=O)c(Oc4cc(C)ccc4C)coc3c2)cc1. The van der Waals surface area contributed by atoms with Crippen molar-refractivity contribution in [2.24, 2.45) is 0 Å². The summed E-state index contributed by atoms with van der Waals surface area (Å²) in [5.41, 5.74) is 3.93. The minimum atomic E-state index is -0.281. The van der Waals surface area contributed by atoms with Crippen molar-refractivity contribution in [2.75, 3.05) is 11.9 Å². The molecule has 3 aromatic carbocycles. The zero-order valence-corrected chi connectivity index (χ0v) is 18.8. The van der Waals surface area contributed by atoms with Gasteiger partial charge in [-0.3, -0.25) is 9.59 Å². The molecule has 1 amide bonds. The Morgan fingerprint density at radius 2 is 1.76 bits per heavy atom. The summed E-state index contributed by atoms with van der Waals surface area (Å²) in [6.07, 6.45) is 2.23. The lowest BCUT2D eigenvalue weighted by Crippen LogP contribution is -2.20. The standard InChI is InChI=1S/C27H25NO5/c1-4-19-7-9-20(10-8-19)28-26(29)16-31-21-11-12-22-24(14-21)32-15-25(27(22)30)33-23-13-17(2)5-6-18(23)3/h5-15H,4,16H2,1-3H3,(H,28,29). The van der Waals surface area contributed by atoms with E-state index in [1.165, 1.54) is 11.8 Å². The van der Waals surface area contributed by atoms with Gasteiger partial charge in [-0.25, -0.2) is 0 Å². The van der Waals surface area contributed by atoms with Crippen LogP contribution in [0.1, 0.15) is 23.6 Å². The lowest BCUT2D eigenvalue weighted by molar-refractivity contribution is -0.118. The number of carbonyl (C=O) groups is 1. The molecule has 0 bridgehead atoms. The average molecular weight is 443 g/mol. The summed E-state index contributed by atoms with van der Waals surface area (Å²) in [5.74, 6) is 0.860. The van der Waals surface area contributed by atoms with Crippen LogP contribution in [-0.2, 0) is 11.2 Å². The zero-order chi connectivity index (χ0) is 23.4. The average Bonchev–Trinajstić information content (AvgIpc) is 2.82. The van der Waals surface area contributed by atoms with Crippen LogP contribution in [0, 0.1) is 13.8 Å². The lowest BCUT2D eigenvalue weighted by atomic mass is 10.1. The summed E-state index contributed by atoms with van der Waals surface area (Å²) in [6.45, 7) is 5.78. The van der Waals surface area contributed by atoms with Crippen LogP contribution in [0.5, 0.6) is 17.2 Å². The van der Waals surface area contributed by atoms with Crippen molar-refractivity contribution in [3.63, 3.8) is 0 Å². The molecule has 6 heteroatoms. The number of carbonyl (C=O) groups excluding carboxylic acids is 1. The van der Waals surface area contributed by atoms with Gasteiger partial charge >= 0.3 is 0 Å². The molecular formula is C27H25NO5. The Kier molecular flexibility index (Phi) is 6.45. The predicted molar refractivity (Wildman–Crippen MR) is 128 cm³/mol. The van der Waals surface area contributed by atoms with Crippen molar-refractivity contribution in [3.05, 3.63) is 93.8 Å². The Balaban J connectivity index is 1.44. The second-order valence-corrected chi connectivity index (χ2v) is 7.85. The van der Waals surface area contributed by atoms with E-state index in [1.807, 2.05) is 56.3 Å². The van der Waals surface area contributed by atoms with E-state index in [0.717, 1.165) is 17.5 Å². The van der Waals surface area contributed by atoms with Crippen molar-refractivity contribution in [2.45, 2.75) is 27.2 Å². The highest BCUT2D eigenvalue weighted by Gasteiger charge is 2.12. The van der Waals surface area contributed by atoms with E-state index in [2.05, 4.69) is 12.2 Å². The highest BCUT2D eigenvalue weighted by atomic mass is 16.5. The van der Waals surface area contributed by atoms with E-state index in [4.69, 9.17) is 13.9 Å². The number of rotatable bonds is 7. The molecule has 1 heterocycles. The third kappa shape index (κ3) is 5.23. The van der Waals surface area contributed by atoms with Crippen LogP contribution >= 0.6 is 0 Å². The Morgan fingerprint density at radius 1 is 0.970 bits per heavy atom. The fraction of sp³-hybridized carbons (Fsp3) is 0.185. The third-order valence-corrected chi connectivity index (χ3v) is 5.29. The summed E-state index contributed by atoms with van der Waals surface area (Å²) >= 11 is 0. The van der Waals surface area contributed by atoms with Crippen LogP contribution < -0.4 is 20.2 Å². The normalized spacial score (nSPS) is 10.8. The summed E-state index contributed by atoms with van der Waals surface area (Å²) < 4.78 is 17.0. The molecule has 0 saturated heterocycles. The van der Waals surface area contributed by atoms with Gasteiger partial charge in [0.05, 0.1) is 5.39 Å². The third-order valence-electron chi connectivity index (χ3n) is 5.29. The van der Waals surface area contributed by atoms with Crippen molar-refractivity contribution >= 4 is 22.6 Å². The molecule has 1 aromatic heterocycles. The molecule has 4 aromatic rings. The molecule has 0 aliphatic carbocycles. The number of anilines is 1. The quantitative estimate of drug-likeness (QED) is 0.392. The summed E-state index contributed by atoms with van der Waals surface area (Å²) in [7, 11) is 0. The largest absolute Gasteiger partial charge is 0.484 e. The van der Waals surface area contributed by atoms with Crippen molar-refractivity contribution in [3.8, 4) is 17.2 Å². The van der Waals surface area contributed by atoms with Crippen molar-refractivity contribution < 1.29 is 18.7 Å².